The summed E-state index contributed by atoms with van der Waals surface area (Å²) in [4.78, 5) is 22.2. The van der Waals surface area contributed by atoms with Crippen LogP contribution in [0.2, 0.25) is 0 Å². The number of carbonyl (C=O) groups excluding carboxylic acids is 1. The number of nitrogens with one attached hydrogen (secondary N) is 1. The molecule has 0 saturated carbocycles. The summed E-state index contributed by atoms with van der Waals surface area (Å²) in [6, 6.07) is 10.5. The molecule has 0 atom stereocenters. The number of nitrogens with zero attached hydrogens (tertiary/aromatic N) is 3. The number of rotatable bonds is 6. The topological polar surface area (TPSA) is 77.0 Å². The molecule has 3 rings (SSSR count). The lowest BCUT2D eigenvalue weighted by Crippen LogP contribution is -1.98. The number of amides is 1. The van der Waals surface area contributed by atoms with Crippen LogP contribution in [-0.2, 0) is 17.6 Å². The molecule has 28 heavy (non-hydrogen) atoms. The maximum atomic E-state index is 12.9. The van der Waals surface area contributed by atoms with Crippen molar-refractivity contribution >= 4 is 12.2 Å². The molecule has 3 aromatic heterocycles. The first-order valence-corrected chi connectivity index (χ1v) is 8.96. The Labute approximate surface area is 163 Å². The van der Waals surface area contributed by atoms with Crippen molar-refractivity contribution in [2.45, 2.75) is 33.6 Å². The molecule has 0 fully saturated rings. The van der Waals surface area contributed by atoms with Gasteiger partial charge in [-0.25, -0.2) is 9.37 Å². The summed E-state index contributed by atoms with van der Waals surface area (Å²) >= 11 is 0. The average molecular weight is 382 g/mol. The Morgan fingerprint density at radius 2 is 1.82 bits per heavy atom. The van der Waals surface area contributed by atoms with E-state index in [1.807, 2.05) is 45.0 Å². The lowest BCUT2D eigenvalue weighted by Gasteiger charge is -2.07. The number of halogens is 1. The number of carbonyl (C=O) groups is 1. The van der Waals surface area contributed by atoms with Gasteiger partial charge < -0.3 is 10.1 Å². The number of aryl methyl sites for hydroxylation is 3. The average Bonchev–Trinajstić information content (AvgIpc) is 2.68. The van der Waals surface area contributed by atoms with Gasteiger partial charge in [-0.05, 0) is 31.9 Å². The van der Waals surface area contributed by atoms with Gasteiger partial charge in [0, 0.05) is 35.3 Å². The Bertz CT molecular complexity index is 918. The van der Waals surface area contributed by atoms with Crippen LogP contribution in [0.25, 0.3) is 0 Å². The van der Waals surface area contributed by atoms with Crippen LogP contribution >= 0.6 is 0 Å². The summed E-state index contributed by atoms with van der Waals surface area (Å²) in [5.74, 6) is 1.24. The van der Waals surface area contributed by atoms with Gasteiger partial charge in [-0.15, -0.1) is 0 Å². The predicted molar refractivity (Wildman–Crippen MR) is 106 cm³/mol. The Hall–Kier alpha value is -3.35. The Morgan fingerprint density at radius 3 is 2.50 bits per heavy atom. The molecular formula is C21H23FN4O2. The first kappa shape index (κ1) is 21.0. The Kier molecular flexibility index (Phi) is 8.02. The molecule has 3 heterocycles. The number of ether oxygens (including phenoxy) is 1. The molecule has 0 radical (unpaired) electrons. The van der Waals surface area contributed by atoms with Crippen molar-refractivity contribution in [1.29, 1.82) is 0 Å². The van der Waals surface area contributed by atoms with E-state index in [0.717, 1.165) is 36.1 Å². The fraction of sp³-hybridized carbons (Fsp3) is 0.238. The quantitative estimate of drug-likeness (QED) is 0.636. The molecule has 146 valence electrons. The van der Waals surface area contributed by atoms with Gasteiger partial charge in [0.1, 0.15) is 23.1 Å². The third-order valence-electron chi connectivity index (χ3n) is 3.63. The van der Waals surface area contributed by atoms with Gasteiger partial charge >= 0.3 is 0 Å². The van der Waals surface area contributed by atoms with Crippen LogP contribution in [0.15, 0.2) is 48.8 Å². The van der Waals surface area contributed by atoms with Crippen LogP contribution in [0.5, 0.6) is 11.5 Å². The lowest BCUT2D eigenvalue weighted by molar-refractivity contribution is -0.105. The van der Waals surface area contributed by atoms with Crippen molar-refractivity contribution in [2.75, 3.05) is 5.32 Å². The standard InChI is InChI=1S/C13H13FN2O.C8H10N2O/c1-3-11-6-12(4-9(2)16-11)17-13-5-10(14)7-15-8-13;1-2-7-4-3-5-8(10-7)9-6-11/h4-8H,3H2,1-2H3;3-6H,2H2,1H3,(H,9,10,11). The monoisotopic (exact) mass is 382 g/mol. The highest BCUT2D eigenvalue weighted by Gasteiger charge is 2.03. The van der Waals surface area contributed by atoms with Gasteiger partial charge in [0.25, 0.3) is 0 Å². The van der Waals surface area contributed by atoms with E-state index in [4.69, 9.17) is 4.74 Å². The summed E-state index contributed by atoms with van der Waals surface area (Å²) < 4.78 is 18.5. The summed E-state index contributed by atoms with van der Waals surface area (Å²) in [7, 11) is 0. The van der Waals surface area contributed by atoms with Crippen LogP contribution in [0.4, 0.5) is 10.2 Å². The number of hydrogen-bond donors (Lipinski definition) is 1. The smallest absolute Gasteiger partial charge is 0.212 e. The highest BCUT2D eigenvalue weighted by molar-refractivity contribution is 5.68. The summed E-state index contributed by atoms with van der Waals surface area (Å²) in [6.45, 7) is 5.94. The predicted octanol–water partition coefficient (Wildman–Crippen LogP) is 4.49. The minimum Gasteiger partial charge on any atom is -0.456 e. The van der Waals surface area contributed by atoms with Gasteiger partial charge in [-0.3, -0.25) is 14.8 Å². The molecule has 3 aromatic rings. The van der Waals surface area contributed by atoms with E-state index in [1.165, 1.54) is 12.3 Å². The van der Waals surface area contributed by atoms with Crippen molar-refractivity contribution < 1.29 is 13.9 Å². The molecule has 0 spiro atoms. The normalized spacial score (nSPS) is 9.86. The zero-order valence-electron chi connectivity index (χ0n) is 16.1. The molecule has 1 amide bonds. The van der Waals surface area contributed by atoms with Gasteiger partial charge in [-0.1, -0.05) is 19.9 Å². The number of anilines is 1. The number of aromatic nitrogens is 3. The molecule has 0 bridgehead atoms. The zero-order chi connectivity index (χ0) is 20.4. The highest BCUT2D eigenvalue weighted by atomic mass is 19.1. The molecular weight excluding hydrogens is 359 g/mol. The summed E-state index contributed by atoms with van der Waals surface area (Å²) in [5.41, 5.74) is 2.81. The molecule has 0 aromatic carbocycles. The highest BCUT2D eigenvalue weighted by Crippen LogP contribution is 2.22. The second kappa shape index (κ2) is 10.7. The fourth-order valence-corrected chi connectivity index (χ4v) is 2.34. The Balaban J connectivity index is 0.000000221. The second-order valence-corrected chi connectivity index (χ2v) is 5.86. The molecule has 1 N–H and O–H groups in total. The van der Waals surface area contributed by atoms with E-state index in [2.05, 4.69) is 20.3 Å². The first-order chi connectivity index (χ1) is 13.5. The van der Waals surface area contributed by atoms with Crippen LogP contribution < -0.4 is 10.1 Å². The molecule has 0 aliphatic carbocycles. The van der Waals surface area contributed by atoms with E-state index >= 15 is 0 Å². The van der Waals surface area contributed by atoms with Crippen LogP contribution in [0, 0.1) is 12.7 Å². The minimum atomic E-state index is -0.413. The summed E-state index contributed by atoms with van der Waals surface area (Å²) in [5, 5.41) is 2.49. The van der Waals surface area contributed by atoms with Gasteiger partial charge in [0.15, 0.2) is 0 Å². The van der Waals surface area contributed by atoms with E-state index in [0.29, 0.717) is 23.7 Å². The molecule has 0 aliphatic rings. The van der Waals surface area contributed by atoms with Gasteiger partial charge in [-0.2, -0.15) is 0 Å². The van der Waals surface area contributed by atoms with Crippen LogP contribution in [0.1, 0.15) is 30.9 Å². The van der Waals surface area contributed by atoms with Crippen molar-refractivity contribution in [2.24, 2.45) is 0 Å². The fourth-order valence-electron chi connectivity index (χ4n) is 2.34. The zero-order valence-corrected chi connectivity index (χ0v) is 16.1. The van der Waals surface area contributed by atoms with Gasteiger partial charge in [0.05, 0.1) is 12.4 Å². The third kappa shape index (κ3) is 6.75. The Morgan fingerprint density at radius 1 is 1.04 bits per heavy atom. The van der Waals surface area contributed by atoms with Crippen LogP contribution in [0.3, 0.4) is 0 Å². The minimum absolute atomic E-state index is 0.387. The van der Waals surface area contributed by atoms with E-state index < -0.39 is 5.82 Å². The van der Waals surface area contributed by atoms with E-state index in [9.17, 15) is 9.18 Å². The van der Waals surface area contributed by atoms with E-state index in [1.54, 1.807) is 6.07 Å². The first-order valence-electron chi connectivity index (χ1n) is 8.96. The largest absolute Gasteiger partial charge is 0.456 e. The number of hydrogen-bond acceptors (Lipinski definition) is 5. The SMILES string of the molecule is CCc1cc(Oc2cncc(F)c2)cc(C)n1.CCc1cccc(NC=O)n1. The molecule has 7 heteroatoms. The van der Waals surface area contributed by atoms with Crippen LogP contribution in [-0.4, -0.2) is 21.4 Å². The maximum Gasteiger partial charge on any atom is 0.212 e. The number of pyridine rings is 3. The van der Waals surface area contributed by atoms with Gasteiger partial charge in [0.2, 0.25) is 6.41 Å². The van der Waals surface area contributed by atoms with Crippen molar-refractivity contribution in [3.8, 4) is 11.5 Å². The summed E-state index contributed by atoms with van der Waals surface area (Å²) in [6.07, 6.45) is 4.96. The third-order valence-corrected chi connectivity index (χ3v) is 3.63. The van der Waals surface area contributed by atoms with E-state index in [-0.39, 0.29) is 0 Å². The van der Waals surface area contributed by atoms with Crippen molar-refractivity contribution in [3.63, 3.8) is 0 Å². The van der Waals surface area contributed by atoms with Crippen molar-refractivity contribution in [3.05, 3.63) is 71.7 Å². The molecule has 0 aliphatic heterocycles. The lowest BCUT2D eigenvalue weighted by atomic mass is 10.2. The second-order valence-electron chi connectivity index (χ2n) is 5.86. The molecule has 6 nitrogen and oxygen atoms in total. The molecule has 0 unspecified atom stereocenters. The van der Waals surface area contributed by atoms with Crippen molar-refractivity contribution in [1.82, 2.24) is 15.0 Å². The maximum absolute atomic E-state index is 12.9. The molecule has 0 saturated heterocycles.